The van der Waals surface area contributed by atoms with Crippen molar-refractivity contribution in [2.24, 2.45) is 0 Å². The minimum Gasteiger partial charge on any atom is -0.287 e. The van der Waals surface area contributed by atoms with Gasteiger partial charge in [0.2, 0.25) is 5.69 Å². The van der Waals surface area contributed by atoms with E-state index in [-0.39, 0.29) is 12.2 Å². The summed E-state index contributed by atoms with van der Waals surface area (Å²) in [5.41, 5.74) is 3.52. The number of thiophene rings is 1. The Morgan fingerprint density at radius 1 is 1.09 bits per heavy atom. The van der Waals surface area contributed by atoms with Gasteiger partial charge in [-0.05, 0) is 25.3 Å². The molecule has 1 fully saturated rings. The highest BCUT2D eigenvalue weighted by molar-refractivity contribution is 7.10. The van der Waals surface area contributed by atoms with E-state index in [0.29, 0.717) is 0 Å². The molecule has 4 heteroatoms. The monoisotopic (exact) mass is 314 g/mol. The molecule has 1 aromatic heterocycles. The summed E-state index contributed by atoms with van der Waals surface area (Å²) in [5.74, 6) is -0.813. The highest BCUT2D eigenvalue weighted by atomic mass is 32.1. The van der Waals surface area contributed by atoms with Gasteiger partial charge in [0.25, 0.3) is 0 Å². The van der Waals surface area contributed by atoms with Gasteiger partial charge in [-0.3, -0.25) is 9.47 Å². The van der Waals surface area contributed by atoms with E-state index in [0.717, 1.165) is 17.0 Å². The summed E-state index contributed by atoms with van der Waals surface area (Å²) in [6, 6.07) is 12.5. The van der Waals surface area contributed by atoms with E-state index in [4.69, 9.17) is 9.47 Å². The smallest absolute Gasteiger partial charge is 0.287 e. The lowest BCUT2D eigenvalue weighted by Crippen LogP contribution is -2.49. The van der Waals surface area contributed by atoms with Gasteiger partial charge in [0.05, 0.1) is 17.8 Å². The zero-order chi connectivity index (χ0) is 15.3. The molecule has 2 aliphatic rings. The number of fused-ring (bicyclic) bond motifs is 2. The van der Waals surface area contributed by atoms with Crippen LogP contribution in [-0.2, 0) is 15.4 Å². The molecule has 3 nitrogen and oxygen atoms in total. The first-order valence-electron chi connectivity index (χ1n) is 7.74. The van der Waals surface area contributed by atoms with Gasteiger partial charge in [0, 0.05) is 25.5 Å². The van der Waals surface area contributed by atoms with Gasteiger partial charge in [0.1, 0.15) is 0 Å². The molecule has 3 heterocycles. The second-order valence-corrected chi connectivity index (χ2v) is 7.01. The van der Waals surface area contributed by atoms with Crippen LogP contribution in [0, 0.1) is 0 Å². The minimum absolute atomic E-state index is 0.163. The van der Waals surface area contributed by atoms with Crippen molar-refractivity contribution in [3.63, 3.8) is 0 Å². The maximum absolute atomic E-state index is 6.42. The van der Waals surface area contributed by atoms with Gasteiger partial charge in [-0.15, -0.1) is 15.9 Å². The van der Waals surface area contributed by atoms with Crippen molar-refractivity contribution in [1.29, 1.82) is 0 Å². The van der Waals surface area contributed by atoms with Crippen LogP contribution < -0.4 is 0 Å². The fourth-order valence-electron chi connectivity index (χ4n) is 3.57. The minimum atomic E-state index is -0.813. The molecule has 2 aliphatic heterocycles. The summed E-state index contributed by atoms with van der Waals surface area (Å²) in [5, 5.41) is 2.12. The number of nitrogens with zero attached hydrogens (tertiary/aromatic N) is 1. The molecule has 114 valence electrons. The van der Waals surface area contributed by atoms with Crippen LogP contribution in [0.4, 0.5) is 5.69 Å². The fourth-order valence-corrected chi connectivity index (χ4v) is 4.59. The van der Waals surface area contributed by atoms with Gasteiger partial charge in [-0.2, -0.15) is 0 Å². The molecule has 22 heavy (non-hydrogen) atoms. The fraction of sp³-hybridized carbons (Fsp3) is 0.389. The molecule has 2 atom stereocenters. The third kappa shape index (κ3) is 1.91. The third-order valence-electron chi connectivity index (χ3n) is 4.37. The molecule has 0 amide bonds. The second-order valence-electron chi connectivity index (χ2n) is 6.09. The molecule has 4 rings (SSSR count). The number of benzene rings is 1. The molecule has 0 aliphatic carbocycles. The van der Waals surface area contributed by atoms with Crippen molar-refractivity contribution >= 4 is 22.7 Å². The van der Waals surface area contributed by atoms with Crippen LogP contribution in [0.3, 0.4) is 0 Å². The molecule has 0 radical (unpaired) electrons. The quantitative estimate of drug-likeness (QED) is 0.734. The van der Waals surface area contributed by atoms with E-state index in [2.05, 4.69) is 61.1 Å². The van der Waals surface area contributed by atoms with E-state index < -0.39 is 5.91 Å². The van der Waals surface area contributed by atoms with Gasteiger partial charge < -0.3 is 0 Å². The number of ether oxygens (including phenoxy) is 2. The van der Waals surface area contributed by atoms with Gasteiger partial charge in [-0.25, -0.2) is 0 Å². The van der Waals surface area contributed by atoms with Crippen molar-refractivity contribution in [3.05, 3.63) is 52.2 Å². The van der Waals surface area contributed by atoms with Gasteiger partial charge >= 0.3 is 5.91 Å². The average molecular weight is 314 g/mol. The van der Waals surface area contributed by atoms with Crippen LogP contribution in [0.15, 0.2) is 41.8 Å². The van der Waals surface area contributed by atoms with E-state index in [1.807, 2.05) is 6.07 Å². The predicted octanol–water partition coefficient (Wildman–Crippen LogP) is 4.24. The van der Waals surface area contributed by atoms with Crippen LogP contribution in [0.2, 0.25) is 0 Å². The Morgan fingerprint density at radius 2 is 1.77 bits per heavy atom. The summed E-state index contributed by atoms with van der Waals surface area (Å²) in [7, 11) is 0. The van der Waals surface area contributed by atoms with Crippen LogP contribution in [0.5, 0.6) is 0 Å². The van der Waals surface area contributed by atoms with Crippen molar-refractivity contribution < 1.29 is 14.0 Å². The Morgan fingerprint density at radius 3 is 2.45 bits per heavy atom. The molecule has 1 aromatic carbocycles. The zero-order valence-electron chi connectivity index (χ0n) is 13.1. The first-order valence-corrected chi connectivity index (χ1v) is 8.62. The maximum Gasteiger partial charge on any atom is 0.431 e. The van der Waals surface area contributed by atoms with E-state index in [1.54, 1.807) is 11.3 Å². The summed E-state index contributed by atoms with van der Waals surface area (Å²) in [4.78, 5) is 1.16. The number of hydrogen-bond donors (Lipinski definition) is 0. The molecule has 1 saturated heterocycles. The summed E-state index contributed by atoms with van der Waals surface area (Å²) in [6.07, 6.45) is 1.25. The standard InChI is InChI=1S/C18H20NO2S/c1-12-11-13(2)21-18(20-12)17-16(9-10-22-17)14(3)19(18)15-7-5-4-6-8-15/h4-10,12-13H,11H2,1-3H3/q+1. The zero-order valence-corrected chi connectivity index (χ0v) is 13.9. The lowest BCUT2D eigenvalue weighted by Gasteiger charge is -2.36. The highest BCUT2D eigenvalue weighted by Crippen LogP contribution is 2.48. The molecule has 2 aromatic rings. The molecule has 0 saturated carbocycles. The van der Waals surface area contributed by atoms with Gasteiger partial charge in [0.15, 0.2) is 10.6 Å². The largest absolute Gasteiger partial charge is 0.431 e. The Labute approximate surface area is 134 Å². The van der Waals surface area contributed by atoms with Crippen molar-refractivity contribution in [1.82, 2.24) is 0 Å². The third-order valence-corrected chi connectivity index (χ3v) is 5.36. The van der Waals surface area contributed by atoms with Crippen molar-refractivity contribution in [3.8, 4) is 0 Å². The van der Waals surface area contributed by atoms with E-state index >= 15 is 0 Å². The van der Waals surface area contributed by atoms with E-state index in [1.165, 1.54) is 11.3 Å². The lowest BCUT2D eigenvalue weighted by molar-refractivity contribution is -0.693. The summed E-state index contributed by atoms with van der Waals surface area (Å²) < 4.78 is 15.1. The molecular formula is C18H20NO2S+. The Bertz CT molecular complexity index is 725. The predicted molar refractivity (Wildman–Crippen MR) is 87.9 cm³/mol. The topological polar surface area (TPSA) is 21.5 Å². The highest BCUT2D eigenvalue weighted by Gasteiger charge is 2.60. The summed E-state index contributed by atoms with van der Waals surface area (Å²) >= 11 is 1.71. The molecular weight excluding hydrogens is 294 g/mol. The van der Waals surface area contributed by atoms with Crippen LogP contribution in [0.1, 0.15) is 37.6 Å². The lowest BCUT2D eigenvalue weighted by atomic mass is 10.1. The maximum atomic E-state index is 6.42. The van der Waals surface area contributed by atoms with Crippen molar-refractivity contribution in [2.45, 2.75) is 45.3 Å². The molecule has 0 bridgehead atoms. The molecule has 1 spiro atoms. The first kappa shape index (κ1) is 14.1. The Hall–Kier alpha value is -1.49. The van der Waals surface area contributed by atoms with Crippen molar-refractivity contribution in [2.75, 3.05) is 0 Å². The Balaban J connectivity index is 1.95. The second kappa shape index (κ2) is 5.01. The normalized spacial score (nSPS) is 30.9. The molecule has 2 unspecified atom stereocenters. The number of para-hydroxylation sites is 1. The molecule has 0 N–H and O–H groups in total. The SMILES string of the molecule is CC1=[N+](c2ccccc2)C2(OC(C)CC(C)O2)c2sccc21. The van der Waals surface area contributed by atoms with Crippen LogP contribution in [0.25, 0.3) is 0 Å². The van der Waals surface area contributed by atoms with Crippen LogP contribution >= 0.6 is 11.3 Å². The van der Waals surface area contributed by atoms with Crippen LogP contribution in [-0.4, -0.2) is 22.5 Å². The Kier molecular flexibility index (Phi) is 3.22. The first-order chi connectivity index (χ1) is 10.6. The van der Waals surface area contributed by atoms with E-state index in [9.17, 15) is 0 Å². The summed E-state index contributed by atoms with van der Waals surface area (Å²) in [6.45, 7) is 6.40. The number of rotatable bonds is 1. The number of hydrogen-bond acceptors (Lipinski definition) is 3. The average Bonchev–Trinajstić information content (AvgIpc) is 3.03. The van der Waals surface area contributed by atoms with Gasteiger partial charge in [-0.1, -0.05) is 18.2 Å².